The molecule has 1 heterocycles. The van der Waals surface area contributed by atoms with Crippen molar-refractivity contribution < 1.29 is 86.3 Å². The van der Waals surface area contributed by atoms with Gasteiger partial charge in [-0.05, 0) is 6.20 Å². The molecule has 0 aliphatic heterocycles. The normalized spacial score (nSPS) is 13.1. The fourth-order valence-corrected chi connectivity index (χ4v) is 0.972. The maximum absolute atomic E-state index is 12.7. The van der Waals surface area contributed by atoms with Crippen LogP contribution in [0, 0.1) is 0 Å². The molecular weight excluding hydrogens is 300 g/mol. The molecule has 0 aromatic carbocycles. The molecule has 0 atom stereocenters. The van der Waals surface area contributed by atoms with E-state index in [1.165, 1.54) is 0 Å². The van der Waals surface area contributed by atoms with E-state index in [-0.39, 0.29) is 69.8 Å². The van der Waals surface area contributed by atoms with Crippen LogP contribution in [-0.4, -0.2) is 18.1 Å². The van der Waals surface area contributed by atoms with Crippen molar-refractivity contribution in [2.24, 2.45) is 0 Å². The Labute approximate surface area is 138 Å². The van der Waals surface area contributed by atoms with Gasteiger partial charge in [-0.25, -0.2) is 0 Å². The first-order valence-corrected chi connectivity index (χ1v) is 4.06. The Morgan fingerprint density at radius 1 is 0.944 bits per heavy atom. The Bertz CT molecular complexity index is 415. The fraction of sp³-hybridized carbons (Fsp3) is 0.286. The summed E-state index contributed by atoms with van der Waals surface area (Å²) in [5.41, 5.74) is -3.44. The minimum atomic E-state index is -5.97. The molecular formula is C7H3BF8KN. The number of hydrogen-bond acceptors (Lipinski definition) is 1. The maximum atomic E-state index is 12.7. The van der Waals surface area contributed by atoms with Crippen molar-refractivity contribution in [2.75, 3.05) is 0 Å². The van der Waals surface area contributed by atoms with Crippen molar-refractivity contribution in [3.8, 4) is 0 Å². The summed E-state index contributed by atoms with van der Waals surface area (Å²) in [6.45, 7) is -5.68. The topological polar surface area (TPSA) is 12.9 Å². The van der Waals surface area contributed by atoms with E-state index in [2.05, 4.69) is 4.98 Å². The fourth-order valence-electron chi connectivity index (χ4n) is 0.972. The van der Waals surface area contributed by atoms with Crippen molar-refractivity contribution in [1.82, 2.24) is 4.98 Å². The van der Waals surface area contributed by atoms with Crippen molar-refractivity contribution in [3.05, 3.63) is 24.0 Å². The Kier molecular flexibility index (Phi) is 5.83. The summed E-state index contributed by atoms with van der Waals surface area (Å²) >= 11 is 0. The molecule has 1 aromatic heterocycles. The molecule has 0 aliphatic carbocycles. The zero-order valence-electron chi connectivity index (χ0n) is 8.78. The Balaban J connectivity index is 0.00000289. The molecule has 0 spiro atoms. The Morgan fingerprint density at radius 2 is 1.44 bits per heavy atom. The molecule has 0 unspecified atom stereocenters. The maximum Gasteiger partial charge on any atom is 1.00 e. The predicted molar refractivity (Wildman–Crippen MR) is 42.9 cm³/mol. The predicted octanol–water partition coefficient (Wildman–Crippen LogP) is -0.206. The molecule has 0 saturated carbocycles. The Morgan fingerprint density at radius 3 is 1.83 bits per heavy atom. The summed E-state index contributed by atoms with van der Waals surface area (Å²) in [6, 6.07) is -0.250. The number of halogens is 8. The zero-order valence-corrected chi connectivity index (χ0v) is 11.9. The van der Waals surface area contributed by atoms with E-state index in [1.807, 2.05) is 0 Å². The van der Waals surface area contributed by atoms with Gasteiger partial charge in [0, 0.05) is 11.8 Å². The van der Waals surface area contributed by atoms with E-state index >= 15 is 0 Å². The summed E-state index contributed by atoms with van der Waals surface area (Å²) in [7, 11) is 0. The van der Waals surface area contributed by atoms with Gasteiger partial charge in [0.2, 0.25) is 0 Å². The molecule has 1 nitrogen and oxygen atoms in total. The second-order valence-electron chi connectivity index (χ2n) is 3.15. The molecule has 0 radical (unpaired) electrons. The first-order valence-electron chi connectivity index (χ1n) is 4.06. The first-order chi connectivity index (χ1) is 7.46. The molecule has 0 fully saturated rings. The monoisotopic (exact) mass is 303 g/mol. The van der Waals surface area contributed by atoms with Gasteiger partial charge in [-0.1, -0.05) is 11.5 Å². The molecule has 0 bridgehead atoms. The molecule has 1 aromatic rings. The summed E-state index contributed by atoms with van der Waals surface area (Å²) in [6.07, 6.45) is -5.72. The zero-order chi connectivity index (χ0) is 13.5. The second-order valence-corrected chi connectivity index (χ2v) is 3.15. The van der Waals surface area contributed by atoms with E-state index < -0.39 is 30.1 Å². The number of pyridine rings is 1. The average Bonchev–Trinajstić information content (AvgIpc) is 2.15. The molecule has 1 rings (SSSR count). The van der Waals surface area contributed by atoms with Crippen LogP contribution in [0.2, 0.25) is 0 Å². The van der Waals surface area contributed by atoms with E-state index in [9.17, 15) is 34.9 Å². The molecule has 0 saturated heterocycles. The molecule has 11 heteroatoms. The van der Waals surface area contributed by atoms with Gasteiger partial charge in [-0.2, -0.15) is 22.0 Å². The van der Waals surface area contributed by atoms with Gasteiger partial charge in [0.05, 0.1) is 0 Å². The van der Waals surface area contributed by atoms with Gasteiger partial charge >= 0.3 is 70.5 Å². The van der Waals surface area contributed by atoms with Crippen LogP contribution in [0.25, 0.3) is 0 Å². The molecule has 18 heavy (non-hydrogen) atoms. The minimum absolute atomic E-state index is 0. The van der Waals surface area contributed by atoms with Gasteiger partial charge in [0.15, 0.2) is 0 Å². The number of hydrogen-bond donors (Lipinski definition) is 0. The largest absolute Gasteiger partial charge is 1.00 e. The minimum Gasteiger partial charge on any atom is -0.445 e. The van der Waals surface area contributed by atoms with Crippen LogP contribution in [0.1, 0.15) is 5.56 Å². The van der Waals surface area contributed by atoms with Crippen molar-refractivity contribution >= 4 is 12.4 Å². The smallest absolute Gasteiger partial charge is 0.445 e. The van der Waals surface area contributed by atoms with Gasteiger partial charge < -0.3 is 12.9 Å². The third-order valence-corrected chi connectivity index (χ3v) is 1.86. The van der Waals surface area contributed by atoms with E-state index in [1.54, 1.807) is 0 Å². The SMILES string of the molecule is F[B-](F)(F)c1cncc(C(F)(F)C(F)(F)F)c1.[K+]. The molecule has 96 valence electrons. The summed E-state index contributed by atoms with van der Waals surface area (Å²) < 4.78 is 97.5. The van der Waals surface area contributed by atoms with E-state index in [0.29, 0.717) is 0 Å². The quantitative estimate of drug-likeness (QED) is 0.544. The van der Waals surface area contributed by atoms with Crippen molar-refractivity contribution in [2.45, 2.75) is 12.1 Å². The standard InChI is InChI=1S/C7H3BF8N.K/c9-6(10,7(11,12)13)4-1-5(3-17-2-4)8(14,15)16;/h1-3H;/q-1;+1. The third kappa shape index (κ3) is 3.89. The third-order valence-electron chi connectivity index (χ3n) is 1.86. The van der Waals surface area contributed by atoms with Gasteiger partial charge in [-0.3, -0.25) is 4.98 Å². The van der Waals surface area contributed by atoms with E-state index in [0.717, 1.165) is 0 Å². The average molecular weight is 303 g/mol. The van der Waals surface area contributed by atoms with E-state index in [4.69, 9.17) is 0 Å². The summed E-state index contributed by atoms with van der Waals surface area (Å²) in [5.74, 6) is -5.36. The van der Waals surface area contributed by atoms with Gasteiger partial charge in [0.1, 0.15) is 0 Å². The number of nitrogens with zero attached hydrogens (tertiary/aromatic N) is 1. The van der Waals surface area contributed by atoms with Crippen LogP contribution in [0.15, 0.2) is 18.5 Å². The van der Waals surface area contributed by atoms with Crippen LogP contribution in [0.4, 0.5) is 34.9 Å². The number of rotatable bonds is 2. The first kappa shape index (κ1) is 18.3. The summed E-state index contributed by atoms with van der Waals surface area (Å²) in [5, 5.41) is 0. The van der Waals surface area contributed by atoms with Gasteiger partial charge in [-0.15, -0.1) is 0 Å². The van der Waals surface area contributed by atoms with Gasteiger partial charge in [0.25, 0.3) is 0 Å². The summed E-state index contributed by atoms with van der Waals surface area (Å²) in [4.78, 5) is 2.75. The number of aromatic nitrogens is 1. The van der Waals surface area contributed by atoms with Crippen LogP contribution < -0.4 is 56.8 Å². The molecule has 0 aliphatic rings. The van der Waals surface area contributed by atoms with Crippen molar-refractivity contribution in [3.63, 3.8) is 0 Å². The number of alkyl halides is 5. The van der Waals surface area contributed by atoms with Crippen LogP contribution in [0.5, 0.6) is 0 Å². The Hall–Kier alpha value is 0.291. The molecule has 0 N–H and O–H groups in total. The van der Waals surface area contributed by atoms with Crippen LogP contribution in [0.3, 0.4) is 0 Å². The van der Waals surface area contributed by atoms with Crippen molar-refractivity contribution in [1.29, 1.82) is 0 Å². The van der Waals surface area contributed by atoms with Crippen LogP contribution in [-0.2, 0) is 5.92 Å². The van der Waals surface area contributed by atoms with Crippen LogP contribution >= 0.6 is 0 Å². The molecule has 0 amide bonds. The second kappa shape index (κ2) is 5.73.